The highest BCUT2D eigenvalue weighted by molar-refractivity contribution is 8.00. The van der Waals surface area contributed by atoms with Gasteiger partial charge in [-0.1, -0.05) is 30.8 Å². The maximum absolute atomic E-state index is 13.3. The number of benzene rings is 2. The van der Waals surface area contributed by atoms with E-state index in [9.17, 15) is 9.59 Å². The Hall–Kier alpha value is -2.64. The van der Waals surface area contributed by atoms with Crippen LogP contribution in [0.1, 0.15) is 36.5 Å². The van der Waals surface area contributed by atoms with Gasteiger partial charge in [-0.3, -0.25) is 14.2 Å². The number of fused-ring (bicyclic) bond motifs is 1. The largest absolute Gasteiger partial charge is 0.497 e. The summed E-state index contributed by atoms with van der Waals surface area (Å²) in [5.74, 6) is 0.722. The minimum absolute atomic E-state index is 0.00243. The highest BCUT2D eigenvalue weighted by atomic mass is 32.2. The zero-order valence-corrected chi connectivity index (χ0v) is 18.6. The molecule has 2 atom stereocenters. The molecular formula is C24H26N2O4S. The highest BCUT2D eigenvalue weighted by Crippen LogP contribution is 2.29. The summed E-state index contributed by atoms with van der Waals surface area (Å²) in [6, 6.07) is 14.5. The smallest absolute Gasteiger partial charge is 0.262 e. The quantitative estimate of drug-likeness (QED) is 0.296. The van der Waals surface area contributed by atoms with Gasteiger partial charge < -0.3 is 9.47 Å². The first kappa shape index (κ1) is 21.6. The lowest BCUT2D eigenvalue weighted by Crippen LogP contribution is -2.30. The molecule has 7 heteroatoms. The molecule has 2 heterocycles. The van der Waals surface area contributed by atoms with Gasteiger partial charge in [-0.2, -0.15) is 0 Å². The number of para-hydroxylation sites is 1. The average Bonchev–Trinajstić information content (AvgIpc) is 3.32. The van der Waals surface area contributed by atoms with Crippen LogP contribution in [0.3, 0.4) is 0 Å². The molecule has 6 nitrogen and oxygen atoms in total. The Morgan fingerprint density at radius 2 is 2.03 bits per heavy atom. The van der Waals surface area contributed by atoms with Gasteiger partial charge in [0.05, 0.1) is 35.9 Å². The molecule has 1 aliphatic heterocycles. The summed E-state index contributed by atoms with van der Waals surface area (Å²) in [7, 11) is 1.60. The molecular weight excluding hydrogens is 412 g/mol. The van der Waals surface area contributed by atoms with Crippen molar-refractivity contribution >= 4 is 28.4 Å². The molecule has 0 amide bonds. The number of rotatable bonds is 8. The van der Waals surface area contributed by atoms with Gasteiger partial charge in [-0.15, -0.1) is 0 Å². The zero-order chi connectivity index (χ0) is 21.8. The molecule has 3 aromatic rings. The molecule has 1 aliphatic rings. The van der Waals surface area contributed by atoms with Crippen LogP contribution in [-0.4, -0.2) is 40.4 Å². The summed E-state index contributed by atoms with van der Waals surface area (Å²) in [4.78, 5) is 31.2. The summed E-state index contributed by atoms with van der Waals surface area (Å²) in [5.41, 5.74) is 1.18. The third-order valence-electron chi connectivity index (χ3n) is 5.52. The molecule has 162 valence electrons. The number of thioether (sulfide) groups is 1. The van der Waals surface area contributed by atoms with Crippen molar-refractivity contribution in [2.24, 2.45) is 0 Å². The Labute approximate surface area is 185 Å². The van der Waals surface area contributed by atoms with Crippen molar-refractivity contribution < 1.29 is 14.3 Å². The Balaban J connectivity index is 1.68. The van der Waals surface area contributed by atoms with Crippen LogP contribution >= 0.6 is 11.8 Å². The summed E-state index contributed by atoms with van der Waals surface area (Å²) >= 11 is 1.36. The van der Waals surface area contributed by atoms with Gasteiger partial charge in [0.2, 0.25) is 0 Å². The lowest BCUT2D eigenvalue weighted by molar-refractivity contribution is 0.0937. The van der Waals surface area contributed by atoms with Crippen molar-refractivity contribution in [3.63, 3.8) is 0 Å². The fraction of sp³-hybridized carbons (Fsp3) is 0.375. The van der Waals surface area contributed by atoms with E-state index in [1.54, 1.807) is 42.0 Å². The van der Waals surface area contributed by atoms with Gasteiger partial charge in [-0.25, -0.2) is 4.98 Å². The molecule has 0 saturated carbocycles. The number of hydrogen-bond donors (Lipinski definition) is 0. The lowest BCUT2D eigenvalue weighted by Gasteiger charge is -2.19. The average molecular weight is 439 g/mol. The maximum Gasteiger partial charge on any atom is 0.262 e. The SMILES string of the molecule is CCC(Sc1nc2ccccc2c(=O)n1CC1CCCO1)C(=O)c1ccc(OC)cc1. The van der Waals surface area contributed by atoms with E-state index in [1.807, 2.05) is 25.1 Å². The number of nitrogens with zero attached hydrogens (tertiary/aromatic N) is 2. The predicted molar refractivity (Wildman–Crippen MR) is 122 cm³/mol. The molecule has 2 aromatic carbocycles. The molecule has 0 spiro atoms. The van der Waals surface area contributed by atoms with Gasteiger partial charge in [0.25, 0.3) is 5.56 Å². The Bertz CT molecular complexity index is 1120. The van der Waals surface area contributed by atoms with Crippen molar-refractivity contribution in [2.45, 2.75) is 49.2 Å². The number of hydrogen-bond acceptors (Lipinski definition) is 6. The van der Waals surface area contributed by atoms with Gasteiger partial charge in [0.1, 0.15) is 5.75 Å². The monoisotopic (exact) mass is 438 g/mol. The van der Waals surface area contributed by atoms with Crippen LogP contribution in [0.15, 0.2) is 58.5 Å². The van der Waals surface area contributed by atoms with Crippen LogP contribution in [0.25, 0.3) is 10.9 Å². The molecule has 0 bridgehead atoms. The number of carbonyl (C=O) groups is 1. The number of Topliss-reactive ketones (excluding diaryl/α,β-unsaturated/α-hetero) is 1. The van der Waals surface area contributed by atoms with E-state index in [-0.39, 0.29) is 22.7 Å². The topological polar surface area (TPSA) is 70.4 Å². The molecule has 2 unspecified atom stereocenters. The van der Waals surface area contributed by atoms with Crippen molar-refractivity contribution in [1.29, 1.82) is 0 Å². The van der Waals surface area contributed by atoms with E-state index in [2.05, 4.69) is 0 Å². The van der Waals surface area contributed by atoms with E-state index in [1.165, 1.54) is 11.8 Å². The van der Waals surface area contributed by atoms with Crippen molar-refractivity contribution in [3.05, 3.63) is 64.4 Å². The van der Waals surface area contributed by atoms with Crippen LogP contribution in [-0.2, 0) is 11.3 Å². The lowest BCUT2D eigenvalue weighted by atomic mass is 10.1. The molecule has 0 N–H and O–H groups in total. The second-order valence-electron chi connectivity index (χ2n) is 7.57. The third-order valence-corrected chi connectivity index (χ3v) is 6.88. The van der Waals surface area contributed by atoms with Gasteiger partial charge in [0.15, 0.2) is 10.9 Å². The Kier molecular flexibility index (Phi) is 6.73. The molecule has 1 aromatic heterocycles. The van der Waals surface area contributed by atoms with E-state index >= 15 is 0 Å². The summed E-state index contributed by atoms with van der Waals surface area (Å²) in [5, 5.41) is 0.796. The summed E-state index contributed by atoms with van der Waals surface area (Å²) in [6.45, 7) is 3.14. The first-order valence-corrected chi connectivity index (χ1v) is 11.4. The first-order chi connectivity index (χ1) is 15.1. The van der Waals surface area contributed by atoms with Crippen molar-refractivity contribution in [3.8, 4) is 5.75 Å². The minimum atomic E-state index is -0.350. The van der Waals surface area contributed by atoms with Crippen molar-refractivity contribution in [2.75, 3.05) is 13.7 Å². The van der Waals surface area contributed by atoms with E-state index < -0.39 is 0 Å². The number of aromatic nitrogens is 2. The van der Waals surface area contributed by atoms with Crippen molar-refractivity contribution in [1.82, 2.24) is 9.55 Å². The minimum Gasteiger partial charge on any atom is -0.497 e. The number of methoxy groups -OCH3 is 1. The van der Waals surface area contributed by atoms with Crippen LogP contribution < -0.4 is 10.3 Å². The fourth-order valence-electron chi connectivity index (χ4n) is 3.78. The second-order valence-corrected chi connectivity index (χ2v) is 8.74. The number of carbonyl (C=O) groups excluding carboxylic acids is 1. The second kappa shape index (κ2) is 9.66. The first-order valence-electron chi connectivity index (χ1n) is 10.6. The Morgan fingerprint density at radius 3 is 2.71 bits per heavy atom. The van der Waals surface area contributed by atoms with Crippen LogP contribution in [0, 0.1) is 0 Å². The van der Waals surface area contributed by atoms with E-state index in [0.717, 1.165) is 19.4 Å². The summed E-state index contributed by atoms with van der Waals surface area (Å²) < 4.78 is 12.6. The van der Waals surface area contributed by atoms with Crippen LogP contribution in [0.5, 0.6) is 5.75 Å². The standard InChI is InChI=1S/C24H26N2O4S/c1-3-21(22(27)16-10-12-17(29-2)13-11-16)31-24-25-20-9-5-4-8-19(20)23(28)26(24)15-18-7-6-14-30-18/h4-5,8-13,18,21H,3,6-7,14-15H2,1-2H3. The normalized spacial score (nSPS) is 17.0. The van der Waals surface area contributed by atoms with Crippen LogP contribution in [0.4, 0.5) is 0 Å². The molecule has 0 aliphatic carbocycles. The van der Waals surface area contributed by atoms with E-state index in [0.29, 0.717) is 40.3 Å². The predicted octanol–water partition coefficient (Wildman–Crippen LogP) is 4.34. The highest BCUT2D eigenvalue weighted by Gasteiger charge is 2.25. The van der Waals surface area contributed by atoms with Crippen LogP contribution in [0.2, 0.25) is 0 Å². The molecule has 31 heavy (non-hydrogen) atoms. The molecule has 0 radical (unpaired) electrons. The number of ether oxygens (including phenoxy) is 2. The van der Waals surface area contributed by atoms with Gasteiger partial charge in [0, 0.05) is 12.2 Å². The molecule has 4 rings (SSSR count). The molecule has 1 saturated heterocycles. The summed E-state index contributed by atoms with van der Waals surface area (Å²) in [6.07, 6.45) is 2.54. The third kappa shape index (κ3) is 4.67. The van der Waals surface area contributed by atoms with E-state index in [4.69, 9.17) is 14.5 Å². The number of ketones is 1. The Morgan fingerprint density at radius 1 is 1.26 bits per heavy atom. The fourth-order valence-corrected chi connectivity index (χ4v) is 4.88. The zero-order valence-electron chi connectivity index (χ0n) is 17.7. The van der Waals surface area contributed by atoms with Gasteiger partial charge in [-0.05, 0) is 55.7 Å². The maximum atomic E-state index is 13.3. The molecule has 1 fully saturated rings. The van der Waals surface area contributed by atoms with Gasteiger partial charge >= 0.3 is 0 Å².